The first-order chi connectivity index (χ1) is 11.2. The van der Waals surface area contributed by atoms with Crippen LogP contribution in [0.25, 0.3) is 0 Å². The molecular formula is C21H41IN2O2. The van der Waals surface area contributed by atoms with Crippen molar-refractivity contribution in [3.8, 4) is 0 Å². The highest BCUT2D eigenvalue weighted by atomic mass is 127. The molecule has 154 valence electrons. The van der Waals surface area contributed by atoms with Gasteiger partial charge in [-0.2, -0.15) is 0 Å². The summed E-state index contributed by atoms with van der Waals surface area (Å²) in [5.41, 5.74) is 2.17. The van der Waals surface area contributed by atoms with Gasteiger partial charge in [0.25, 0.3) is 0 Å². The highest BCUT2D eigenvalue weighted by molar-refractivity contribution is 5.79. The average Bonchev–Trinajstić information content (AvgIpc) is 2.34. The minimum atomic E-state index is 0. The lowest BCUT2D eigenvalue weighted by atomic mass is 9.96. The van der Waals surface area contributed by atoms with E-state index >= 15 is 0 Å². The number of carbonyl (C=O) groups is 2. The largest absolute Gasteiger partial charge is 1.00 e. The fourth-order valence-electron chi connectivity index (χ4n) is 2.62. The van der Waals surface area contributed by atoms with Crippen LogP contribution in [0.5, 0.6) is 0 Å². The van der Waals surface area contributed by atoms with E-state index < -0.39 is 0 Å². The first-order valence-electron chi connectivity index (χ1n) is 8.90. The fraction of sp³-hybridized carbons (Fsp3) is 0.714. The number of carbonyl (C=O) groups excluding carboxylic acids is 2. The summed E-state index contributed by atoms with van der Waals surface area (Å²) in [5.74, 6) is 0.790. The number of hydrogen-bond acceptors (Lipinski definition) is 3. The third kappa shape index (κ3) is 19.8. The molecule has 0 saturated heterocycles. The molecule has 0 amide bonds. The second-order valence-electron chi connectivity index (χ2n) is 8.67. The summed E-state index contributed by atoms with van der Waals surface area (Å²) in [4.78, 5) is 24.5. The van der Waals surface area contributed by atoms with E-state index in [2.05, 4.69) is 34.3 Å². The molecule has 0 rings (SSSR count). The summed E-state index contributed by atoms with van der Waals surface area (Å²) < 4.78 is 0.831. The summed E-state index contributed by atoms with van der Waals surface area (Å²) >= 11 is 0. The van der Waals surface area contributed by atoms with E-state index in [0.29, 0.717) is 0 Å². The first-order valence-corrected chi connectivity index (χ1v) is 8.90. The molecule has 5 heteroatoms. The van der Waals surface area contributed by atoms with Crippen LogP contribution in [0.15, 0.2) is 24.3 Å². The number of rotatable bonds is 10. The number of ketones is 2. The third-order valence-electron chi connectivity index (χ3n) is 3.69. The molecule has 0 aromatic carbocycles. The maximum absolute atomic E-state index is 11.3. The van der Waals surface area contributed by atoms with Gasteiger partial charge in [-0.3, -0.25) is 9.59 Å². The van der Waals surface area contributed by atoms with Crippen LogP contribution in [0.2, 0.25) is 0 Å². The van der Waals surface area contributed by atoms with Crippen LogP contribution in [-0.2, 0) is 9.59 Å². The predicted octanol–water partition coefficient (Wildman–Crippen LogP) is 0.587. The molecule has 4 nitrogen and oxygen atoms in total. The molecule has 0 bridgehead atoms. The van der Waals surface area contributed by atoms with E-state index in [-0.39, 0.29) is 47.4 Å². The minimum absolute atomic E-state index is 0. The summed E-state index contributed by atoms with van der Waals surface area (Å²) in [6.45, 7) is 16.6. The average molecular weight is 480 g/mol. The maximum Gasteiger partial charge on any atom is 0.138 e. The van der Waals surface area contributed by atoms with Crippen molar-refractivity contribution in [3.05, 3.63) is 24.3 Å². The molecule has 0 saturated carbocycles. The highest BCUT2D eigenvalue weighted by Crippen LogP contribution is 2.14. The SMILES string of the molecule is C=C(C)CC(CN(C)C)C(C)=O.C=C(C)CC(C[N+](C)(C)C)C(C)=O.[I-]. The van der Waals surface area contributed by atoms with Gasteiger partial charge in [-0.15, -0.1) is 13.2 Å². The molecule has 2 unspecified atom stereocenters. The fourth-order valence-corrected chi connectivity index (χ4v) is 2.62. The Balaban J connectivity index is -0.000000393. The van der Waals surface area contributed by atoms with Gasteiger partial charge in [0.15, 0.2) is 0 Å². The molecule has 0 N–H and O–H groups in total. The normalized spacial score (nSPS) is 13.0. The number of Topliss-reactive ketones (excluding diaryl/α,β-unsaturated/α-hetero) is 2. The van der Waals surface area contributed by atoms with Gasteiger partial charge in [0.2, 0.25) is 0 Å². The van der Waals surface area contributed by atoms with Crippen molar-refractivity contribution in [3.63, 3.8) is 0 Å². The number of allylic oxidation sites excluding steroid dienone is 2. The summed E-state index contributed by atoms with van der Waals surface area (Å²) in [5, 5.41) is 0. The predicted molar refractivity (Wildman–Crippen MR) is 109 cm³/mol. The molecule has 0 radical (unpaired) electrons. The van der Waals surface area contributed by atoms with E-state index in [4.69, 9.17) is 0 Å². The second-order valence-corrected chi connectivity index (χ2v) is 8.67. The standard InChI is InChI=1S/C11H22NO.C10H19NO.HI/c1-9(2)7-11(10(3)13)8-12(4,5)6;1-8(2)6-10(9(3)12)7-11(4)5;/h11H,1,7-8H2,2-6H3;10H,1,6-7H2,2-5H3;1H/q+1;;/p-1. The zero-order valence-corrected chi connectivity index (χ0v) is 20.6. The van der Waals surface area contributed by atoms with Gasteiger partial charge in [0, 0.05) is 12.5 Å². The van der Waals surface area contributed by atoms with Gasteiger partial charge >= 0.3 is 0 Å². The van der Waals surface area contributed by atoms with Crippen LogP contribution in [0.1, 0.15) is 40.5 Å². The highest BCUT2D eigenvalue weighted by Gasteiger charge is 2.21. The Kier molecular flexibility index (Phi) is 16.9. The Bertz CT molecular complexity index is 465. The Labute approximate surface area is 179 Å². The first kappa shape index (κ1) is 30.2. The molecule has 26 heavy (non-hydrogen) atoms. The summed E-state index contributed by atoms with van der Waals surface area (Å²) in [6, 6.07) is 0. The van der Waals surface area contributed by atoms with Crippen molar-refractivity contribution in [1.82, 2.24) is 4.90 Å². The maximum atomic E-state index is 11.3. The van der Waals surface area contributed by atoms with Crippen LogP contribution in [0.3, 0.4) is 0 Å². The van der Waals surface area contributed by atoms with Gasteiger partial charge in [-0.1, -0.05) is 11.1 Å². The van der Waals surface area contributed by atoms with Crippen molar-refractivity contribution in [2.75, 3.05) is 48.3 Å². The smallest absolute Gasteiger partial charge is 0.138 e. The lowest BCUT2D eigenvalue weighted by Gasteiger charge is -2.28. The monoisotopic (exact) mass is 480 g/mol. The van der Waals surface area contributed by atoms with Gasteiger partial charge in [0.05, 0.1) is 33.6 Å². The number of halogens is 1. The van der Waals surface area contributed by atoms with Gasteiger partial charge in [-0.05, 0) is 54.6 Å². The zero-order valence-electron chi connectivity index (χ0n) is 18.5. The zero-order chi connectivity index (χ0) is 20.4. The van der Waals surface area contributed by atoms with Crippen molar-refractivity contribution in [2.45, 2.75) is 40.5 Å². The third-order valence-corrected chi connectivity index (χ3v) is 3.69. The van der Waals surface area contributed by atoms with Crippen molar-refractivity contribution >= 4 is 11.6 Å². The summed E-state index contributed by atoms with van der Waals surface area (Å²) in [7, 11) is 10.3. The van der Waals surface area contributed by atoms with Gasteiger partial charge in [0.1, 0.15) is 11.6 Å². The molecule has 0 aromatic heterocycles. The summed E-state index contributed by atoms with van der Waals surface area (Å²) in [6.07, 6.45) is 1.64. The Morgan fingerprint density at radius 1 is 0.846 bits per heavy atom. The van der Waals surface area contributed by atoms with Crippen LogP contribution in [-0.4, -0.2) is 69.3 Å². The van der Waals surface area contributed by atoms with Crippen LogP contribution < -0.4 is 24.0 Å². The van der Waals surface area contributed by atoms with Crippen molar-refractivity contribution in [2.24, 2.45) is 11.8 Å². The lowest BCUT2D eigenvalue weighted by Crippen LogP contribution is -3.00. The number of quaternary nitrogens is 1. The van der Waals surface area contributed by atoms with E-state index in [0.717, 1.165) is 41.6 Å². The van der Waals surface area contributed by atoms with Gasteiger partial charge < -0.3 is 33.4 Å². The Morgan fingerprint density at radius 3 is 1.42 bits per heavy atom. The Morgan fingerprint density at radius 2 is 1.19 bits per heavy atom. The molecule has 0 aliphatic carbocycles. The quantitative estimate of drug-likeness (QED) is 0.261. The molecular weight excluding hydrogens is 439 g/mol. The molecule has 0 aliphatic heterocycles. The topological polar surface area (TPSA) is 37.4 Å². The van der Waals surface area contributed by atoms with Crippen molar-refractivity contribution < 1.29 is 38.0 Å². The van der Waals surface area contributed by atoms with E-state index in [9.17, 15) is 9.59 Å². The molecule has 0 aliphatic rings. The minimum Gasteiger partial charge on any atom is -1.00 e. The molecule has 0 aromatic rings. The molecule has 0 spiro atoms. The van der Waals surface area contributed by atoms with E-state index in [1.807, 2.05) is 32.8 Å². The second kappa shape index (κ2) is 14.5. The van der Waals surface area contributed by atoms with Crippen molar-refractivity contribution in [1.29, 1.82) is 0 Å². The van der Waals surface area contributed by atoms with Crippen LogP contribution in [0, 0.1) is 11.8 Å². The number of hydrogen-bond donors (Lipinski definition) is 0. The molecule has 2 atom stereocenters. The Hall–Kier alpha value is -0.530. The molecule has 0 fully saturated rings. The number of nitrogens with zero attached hydrogens (tertiary/aromatic N) is 2. The van der Waals surface area contributed by atoms with Crippen LogP contribution >= 0.6 is 0 Å². The molecule has 0 heterocycles. The van der Waals surface area contributed by atoms with Gasteiger partial charge in [-0.25, -0.2) is 0 Å². The van der Waals surface area contributed by atoms with E-state index in [1.54, 1.807) is 13.8 Å². The lowest BCUT2D eigenvalue weighted by molar-refractivity contribution is -0.872. The van der Waals surface area contributed by atoms with Crippen LogP contribution in [0.4, 0.5) is 0 Å². The van der Waals surface area contributed by atoms with E-state index in [1.165, 1.54) is 0 Å².